The fraction of sp³-hybridized carbons (Fsp3) is 0.200. The predicted molar refractivity (Wildman–Crippen MR) is 74.9 cm³/mol. The third kappa shape index (κ3) is 1.81. The zero-order valence-corrected chi connectivity index (χ0v) is 11.6. The van der Waals surface area contributed by atoms with Crippen LogP contribution in [0.5, 0.6) is 0 Å². The van der Waals surface area contributed by atoms with Gasteiger partial charge in [0.2, 0.25) is 0 Å². The van der Waals surface area contributed by atoms with Gasteiger partial charge in [0.15, 0.2) is 11.4 Å². The van der Waals surface area contributed by atoms with Crippen molar-refractivity contribution in [2.24, 2.45) is 0 Å². The van der Waals surface area contributed by atoms with Crippen LogP contribution in [0.15, 0.2) is 35.7 Å². The van der Waals surface area contributed by atoms with Gasteiger partial charge in [0, 0.05) is 23.9 Å². The van der Waals surface area contributed by atoms with Crippen molar-refractivity contribution in [3.05, 3.63) is 52.7 Å². The van der Waals surface area contributed by atoms with E-state index in [0.717, 1.165) is 10.7 Å². The lowest BCUT2D eigenvalue weighted by Gasteiger charge is -2.00. The summed E-state index contributed by atoms with van der Waals surface area (Å²) in [5, 5.41) is 2.18. The molecule has 0 amide bonds. The van der Waals surface area contributed by atoms with Crippen LogP contribution in [-0.4, -0.2) is 4.98 Å². The van der Waals surface area contributed by atoms with E-state index >= 15 is 0 Å². The van der Waals surface area contributed by atoms with Gasteiger partial charge < -0.3 is 0 Å². The molecule has 18 heavy (non-hydrogen) atoms. The first-order chi connectivity index (χ1) is 8.65. The second-order valence-electron chi connectivity index (χ2n) is 4.64. The molecule has 3 heteroatoms. The number of nitrogens with zero attached hydrogens (tertiary/aromatic N) is 2. The number of benzene rings is 1. The minimum atomic E-state index is 1.06. The van der Waals surface area contributed by atoms with Gasteiger partial charge in [0.05, 0.1) is 0 Å². The van der Waals surface area contributed by atoms with Crippen molar-refractivity contribution in [1.29, 1.82) is 0 Å². The molecule has 2 heterocycles. The highest BCUT2D eigenvalue weighted by molar-refractivity contribution is 7.14. The maximum absolute atomic E-state index is 4.58. The van der Waals surface area contributed by atoms with Crippen LogP contribution in [0.3, 0.4) is 0 Å². The molecule has 0 aliphatic carbocycles. The van der Waals surface area contributed by atoms with Crippen molar-refractivity contribution in [2.45, 2.75) is 20.8 Å². The van der Waals surface area contributed by atoms with Crippen LogP contribution < -0.4 is 4.40 Å². The lowest BCUT2D eigenvalue weighted by atomic mass is 10.1. The number of thiazole rings is 1. The first-order valence-electron chi connectivity index (χ1n) is 6.00. The molecule has 0 saturated heterocycles. The summed E-state index contributed by atoms with van der Waals surface area (Å²) >= 11 is 1.69. The highest BCUT2D eigenvalue weighted by Crippen LogP contribution is 2.21. The molecule has 0 aliphatic rings. The summed E-state index contributed by atoms with van der Waals surface area (Å²) in [6, 6.07) is 10.8. The number of rotatable bonds is 1. The molecule has 0 atom stereocenters. The fourth-order valence-corrected chi connectivity index (χ4v) is 3.21. The summed E-state index contributed by atoms with van der Waals surface area (Å²) in [6.07, 6.45) is 0. The van der Waals surface area contributed by atoms with Crippen LogP contribution in [0.25, 0.3) is 16.2 Å². The first-order valence-corrected chi connectivity index (χ1v) is 6.87. The summed E-state index contributed by atoms with van der Waals surface area (Å²) in [5.41, 5.74) is 6.05. The van der Waals surface area contributed by atoms with Crippen LogP contribution in [-0.2, 0) is 0 Å². The van der Waals surface area contributed by atoms with Crippen molar-refractivity contribution in [3.63, 3.8) is 0 Å². The lowest BCUT2D eigenvalue weighted by Crippen LogP contribution is -2.26. The molecule has 90 valence electrons. The summed E-state index contributed by atoms with van der Waals surface area (Å²) in [7, 11) is 0. The van der Waals surface area contributed by atoms with Crippen molar-refractivity contribution >= 4 is 16.3 Å². The second-order valence-corrected chi connectivity index (χ2v) is 5.48. The van der Waals surface area contributed by atoms with Gasteiger partial charge in [0.1, 0.15) is 5.69 Å². The Balaban J connectivity index is 2.27. The van der Waals surface area contributed by atoms with E-state index in [4.69, 9.17) is 0 Å². The molecule has 0 N–H and O–H groups in total. The van der Waals surface area contributed by atoms with E-state index in [-0.39, 0.29) is 0 Å². The van der Waals surface area contributed by atoms with Crippen molar-refractivity contribution in [2.75, 3.05) is 0 Å². The van der Waals surface area contributed by atoms with Gasteiger partial charge in [-0.3, -0.25) is 0 Å². The third-order valence-electron chi connectivity index (χ3n) is 3.10. The number of fused-ring (bicyclic) bond motifs is 1. The quantitative estimate of drug-likeness (QED) is 0.608. The van der Waals surface area contributed by atoms with Crippen LogP contribution in [0, 0.1) is 20.8 Å². The Hall–Kier alpha value is -1.74. The Morgan fingerprint density at radius 3 is 2.50 bits per heavy atom. The largest absolute Gasteiger partial charge is 0.387 e. The molecule has 0 spiro atoms. The Morgan fingerprint density at radius 2 is 1.78 bits per heavy atom. The second kappa shape index (κ2) is 4.18. The summed E-state index contributed by atoms with van der Waals surface area (Å²) in [6.45, 7) is 6.28. The summed E-state index contributed by atoms with van der Waals surface area (Å²) in [4.78, 5) is 5.64. The van der Waals surface area contributed by atoms with Gasteiger partial charge in [-0.25, -0.2) is 0 Å². The van der Waals surface area contributed by atoms with Crippen molar-refractivity contribution in [1.82, 2.24) is 4.98 Å². The van der Waals surface area contributed by atoms with Crippen LogP contribution in [0.4, 0.5) is 0 Å². The molecule has 2 aromatic heterocycles. The molecule has 2 nitrogen and oxygen atoms in total. The zero-order chi connectivity index (χ0) is 12.7. The average Bonchev–Trinajstić information content (AvgIpc) is 2.74. The van der Waals surface area contributed by atoms with Gasteiger partial charge in [-0.2, -0.15) is 4.40 Å². The van der Waals surface area contributed by atoms with E-state index in [1.165, 1.54) is 22.5 Å². The van der Waals surface area contributed by atoms with E-state index in [2.05, 4.69) is 58.9 Å². The molecule has 0 radical (unpaired) electrons. The average molecular weight is 255 g/mol. The Labute approximate surface area is 111 Å². The molecular formula is C15H15N2S+. The standard InChI is InChI=1S/C15H15N2S/c1-10-4-6-13(7-5-10)14-9-18-15-16-11(2)8-12(3)17(14)15/h4-9H,1-3H3/q+1. The van der Waals surface area contributed by atoms with Crippen LogP contribution in [0.1, 0.15) is 17.0 Å². The van der Waals surface area contributed by atoms with Gasteiger partial charge in [-0.15, -0.1) is 0 Å². The van der Waals surface area contributed by atoms with E-state index < -0.39 is 0 Å². The summed E-state index contributed by atoms with van der Waals surface area (Å²) < 4.78 is 2.22. The molecule has 0 fully saturated rings. The fourth-order valence-electron chi connectivity index (χ4n) is 2.21. The molecule has 3 rings (SSSR count). The van der Waals surface area contributed by atoms with Gasteiger partial charge in [-0.1, -0.05) is 29.8 Å². The highest BCUT2D eigenvalue weighted by Gasteiger charge is 2.17. The zero-order valence-electron chi connectivity index (χ0n) is 10.8. The molecule has 3 aromatic rings. The first kappa shape index (κ1) is 11.4. The molecule has 0 saturated carbocycles. The number of aromatic nitrogens is 2. The van der Waals surface area contributed by atoms with Crippen molar-refractivity contribution in [3.8, 4) is 11.3 Å². The van der Waals surface area contributed by atoms with E-state index in [1.54, 1.807) is 11.3 Å². The maximum Gasteiger partial charge on any atom is 0.387 e. The molecule has 0 aliphatic heterocycles. The van der Waals surface area contributed by atoms with E-state index in [9.17, 15) is 0 Å². The minimum Gasteiger partial charge on any atom is -0.183 e. The number of aryl methyl sites for hydroxylation is 3. The van der Waals surface area contributed by atoms with Crippen LogP contribution in [0.2, 0.25) is 0 Å². The van der Waals surface area contributed by atoms with E-state index in [1.807, 2.05) is 6.92 Å². The number of hydrogen-bond donors (Lipinski definition) is 0. The predicted octanol–water partition coefficient (Wildman–Crippen LogP) is 3.47. The van der Waals surface area contributed by atoms with Gasteiger partial charge in [0.25, 0.3) is 0 Å². The molecular weight excluding hydrogens is 240 g/mol. The molecule has 0 bridgehead atoms. The SMILES string of the molecule is Cc1ccc(-c2csc3nc(C)cc(C)[n+]23)cc1. The topological polar surface area (TPSA) is 17.0 Å². The smallest absolute Gasteiger partial charge is 0.183 e. The molecule has 0 unspecified atom stereocenters. The Morgan fingerprint density at radius 1 is 1.06 bits per heavy atom. The normalized spacial score (nSPS) is 11.1. The monoisotopic (exact) mass is 255 g/mol. The number of hydrogen-bond acceptors (Lipinski definition) is 2. The highest BCUT2D eigenvalue weighted by atomic mass is 32.1. The van der Waals surface area contributed by atoms with E-state index in [0.29, 0.717) is 0 Å². The molecule has 1 aromatic carbocycles. The minimum absolute atomic E-state index is 1.06. The van der Waals surface area contributed by atoms with Crippen LogP contribution >= 0.6 is 11.3 Å². The Bertz CT molecular complexity index is 711. The summed E-state index contributed by atoms with van der Waals surface area (Å²) in [5.74, 6) is 0. The van der Waals surface area contributed by atoms with Gasteiger partial charge >= 0.3 is 4.96 Å². The lowest BCUT2D eigenvalue weighted by molar-refractivity contribution is -0.505. The Kier molecular flexibility index (Phi) is 2.63. The maximum atomic E-state index is 4.58. The third-order valence-corrected chi connectivity index (χ3v) is 3.92. The van der Waals surface area contributed by atoms with Crippen molar-refractivity contribution < 1.29 is 4.40 Å². The van der Waals surface area contributed by atoms with Gasteiger partial charge in [-0.05, 0) is 30.2 Å².